The monoisotopic (exact) mass is 950 g/mol. The highest BCUT2D eigenvalue weighted by Crippen LogP contribution is 2.38. The minimum Gasteiger partial charge on any atom is -0.423 e. The Morgan fingerprint density at radius 1 is 0.651 bits per heavy atom. The molecule has 0 aliphatic heterocycles. The van der Waals surface area contributed by atoms with Crippen LogP contribution in [0.5, 0.6) is 0 Å². The first-order chi connectivity index (χ1) is 29.9. The predicted molar refractivity (Wildman–Crippen MR) is 254 cm³/mol. The molecule has 6 aromatic rings. The molecule has 8 rings (SSSR count). The summed E-state index contributed by atoms with van der Waals surface area (Å²) in [4.78, 5) is 51.0. The molecule has 14 nitrogen and oxygen atoms in total. The Balaban J connectivity index is 0.000000194. The minimum absolute atomic E-state index is 0. The summed E-state index contributed by atoms with van der Waals surface area (Å²) in [5.74, 6) is 0.590. The Morgan fingerprint density at radius 3 is 1.63 bits per heavy atom. The van der Waals surface area contributed by atoms with Crippen molar-refractivity contribution in [1.82, 2.24) is 29.9 Å². The van der Waals surface area contributed by atoms with Gasteiger partial charge < -0.3 is 31.3 Å². The lowest BCUT2D eigenvalue weighted by molar-refractivity contribution is 0.101. The largest absolute Gasteiger partial charge is 0.489 e. The third-order valence-corrected chi connectivity index (χ3v) is 10.7. The quantitative estimate of drug-likeness (QED) is 0.0502. The van der Waals surface area contributed by atoms with Gasteiger partial charge >= 0.3 is 7.12 Å². The molecule has 0 spiro atoms. The molecule has 2 amide bonds. The molecule has 4 heterocycles. The molecule has 2 aromatic carbocycles. The summed E-state index contributed by atoms with van der Waals surface area (Å²) >= 11 is 29.8. The first-order valence-corrected chi connectivity index (χ1v) is 21.4. The van der Waals surface area contributed by atoms with E-state index < -0.39 is 7.12 Å². The van der Waals surface area contributed by atoms with Gasteiger partial charge in [0, 0.05) is 50.6 Å². The number of nitrogens with zero attached hydrogens (tertiary/aromatic N) is 6. The van der Waals surface area contributed by atoms with Crippen LogP contribution >= 0.6 is 58.0 Å². The van der Waals surface area contributed by atoms with Gasteiger partial charge in [0.2, 0.25) is 0 Å². The van der Waals surface area contributed by atoms with E-state index in [4.69, 9.17) is 68.1 Å². The Labute approximate surface area is 390 Å². The zero-order valence-corrected chi connectivity index (χ0v) is 37.1. The van der Waals surface area contributed by atoms with E-state index in [9.17, 15) is 9.59 Å². The van der Waals surface area contributed by atoms with Crippen molar-refractivity contribution in [3.8, 4) is 11.3 Å². The van der Waals surface area contributed by atoms with Gasteiger partial charge in [0.05, 0.1) is 27.5 Å². The Bertz CT molecular complexity index is 2550. The molecule has 0 bridgehead atoms. The molecule has 2 saturated carbocycles. The maximum atomic E-state index is 13.1. The SMILES string of the molecule is C.CCc1ncccc1C(=O)Nc1c(Cl)ncnc1NC1CC1.CCc1ncccc1C(=O)Nc1c(NC2CC2)ncnc1-c1ccc(Cl)cc1Cl.OB(O)c1ccc(Cl)cc1Cl. The third kappa shape index (κ3) is 13.4. The van der Waals surface area contributed by atoms with Gasteiger partial charge in [-0.3, -0.25) is 19.6 Å². The van der Waals surface area contributed by atoms with Crippen LogP contribution in [-0.4, -0.2) is 71.0 Å². The standard InChI is InChI=1S/C21H19Cl2N5O.C15H16ClN5O.C6H5BCl2O2.CH4/c1-2-17-15(4-3-9-24-17)21(29)28-19-18(14-8-5-12(22)10-16(14)23)25-11-26-20(19)27-13-6-7-13;1-2-11-10(4-3-7-17-11)15(22)21-12-13(16)18-8-19-14(12)20-9-5-6-9;8-4-1-2-5(7(10)11)6(9)3-4;/h3-5,8-11,13H,2,6-7H2,1H3,(H,28,29)(H,25,26,27);3-4,7-9H,2,5-6H2,1H3,(H,21,22)(H,18,19,20);1-3,10-11H;1H4. The maximum Gasteiger partial charge on any atom is 0.489 e. The molecule has 0 unspecified atom stereocenters. The van der Waals surface area contributed by atoms with E-state index in [-0.39, 0.29) is 34.9 Å². The Kier molecular flexibility index (Phi) is 17.8. The highest BCUT2D eigenvalue weighted by molar-refractivity contribution is 6.62. The third-order valence-electron chi connectivity index (χ3n) is 9.33. The van der Waals surface area contributed by atoms with Gasteiger partial charge in [-0.15, -0.1) is 0 Å². The van der Waals surface area contributed by atoms with E-state index in [0.29, 0.717) is 85.4 Å². The molecule has 0 atom stereocenters. The number of carbonyl (C=O) groups is 2. The van der Waals surface area contributed by atoms with E-state index >= 15 is 0 Å². The number of benzene rings is 2. The van der Waals surface area contributed by atoms with E-state index in [1.807, 2.05) is 13.8 Å². The normalized spacial score (nSPS) is 12.6. The molecule has 0 saturated heterocycles. The van der Waals surface area contributed by atoms with Gasteiger partial charge in [-0.2, -0.15) is 0 Å². The van der Waals surface area contributed by atoms with Crippen molar-refractivity contribution < 1.29 is 19.6 Å². The van der Waals surface area contributed by atoms with Crippen LogP contribution in [0, 0.1) is 0 Å². The zero-order chi connectivity index (χ0) is 44.3. The van der Waals surface area contributed by atoms with Crippen LogP contribution in [0.25, 0.3) is 11.3 Å². The second kappa shape index (κ2) is 23.0. The molecule has 2 aliphatic carbocycles. The van der Waals surface area contributed by atoms with Crippen LogP contribution < -0.4 is 26.7 Å². The molecule has 2 aliphatic rings. The summed E-state index contributed by atoms with van der Waals surface area (Å²) in [6, 6.07) is 17.4. The van der Waals surface area contributed by atoms with Crippen molar-refractivity contribution in [2.45, 2.75) is 71.9 Å². The number of anilines is 4. The summed E-state index contributed by atoms with van der Waals surface area (Å²) in [6.45, 7) is 3.92. The van der Waals surface area contributed by atoms with Crippen molar-refractivity contribution in [2.75, 3.05) is 21.3 Å². The van der Waals surface area contributed by atoms with Crippen molar-refractivity contribution >= 4 is 105 Å². The van der Waals surface area contributed by atoms with Crippen LogP contribution in [0.4, 0.5) is 23.0 Å². The number of hydrogen-bond donors (Lipinski definition) is 6. The number of hydrogen-bond acceptors (Lipinski definition) is 12. The Hall–Kier alpha value is -5.13. The van der Waals surface area contributed by atoms with E-state index in [2.05, 4.69) is 51.2 Å². The number of halogens is 5. The lowest BCUT2D eigenvalue weighted by atomic mass is 9.80. The maximum absolute atomic E-state index is 13.1. The summed E-state index contributed by atoms with van der Waals surface area (Å²) in [7, 11) is -1.54. The Morgan fingerprint density at radius 2 is 1.14 bits per heavy atom. The van der Waals surface area contributed by atoms with Crippen LogP contribution in [0.2, 0.25) is 25.2 Å². The average molecular weight is 953 g/mol. The van der Waals surface area contributed by atoms with Crippen molar-refractivity contribution in [3.63, 3.8) is 0 Å². The van der Waals surface area contributed by atoms with Crippen LogP contribution in [-0.2, 0) is 12.8 Å². The van der Waals surface area contributed by atoms with Gasteiger partial charge in [0.25, 0.3) is 11.8 Å². The van der Waals surface area contributed by atoms with Gasteiger partial charge in [0.1, 0.15) is 29.7 Å². The summed E-state index contributed by atoms with van der Waals surface area (Å²) in [5.41, 5.74) is 4.86. The topological polar surface area (TPSA) is 200 Å². The molecule has 4 aromatic heterocycles. The zero-order valence-electron chi connectivity index (χ0n) is 33.3. The van der Waals surface area contributed by atoms with Crippen LogP contribution in [0.15, 0.2) is 85.7 Å². The van der Waals surface area contributed by atoms with Gasteiger partial charge in [-0.25, -0.2) is 19.9 Å². The lowest BCUT2D eigenvalue weighted by Crippen LogP contribution is -2.30. The van der Waals surface area contributed by atoms with Crippen molar-refractivity contribution in [3.05, 3.63) is 133 Å². The summed E-state index contributed by atoms with van der Waals surface area (Å²) in [6.07, 6.45) is 11.8. The molecular weight excluding hydrogens is 909 g/mol. The van der Waals surface area contributed by atoms with Crippen molar-refractivity contribution in [2.24, 2.45) is 0 Å². The lowest BCUT2D eigenvalue weighted by Gasteiger charge is -2.16. The fourth-order valence-corrected chi connectivity index (χ4v) is 7.04. The highest BCUT2D eigenvalue weighted by Gasteiger charge is 2.27. The van der Waals surface area contributed by atoms with Gasteiger partial charge in [-0.1, -0.05) is 85.3 Å². The van der Waals surface area contributed by atoms with Gasteiger partial charge in [-0.05, 0) is 93.1 Å². The van der Waals surface area contributed by atoms with Crippen LogP contribution in [0.1, 0.15) is 79.1 Å². The second-order valence-corrected chi connectivity index (χ2v) is 16.0. The van der Waals surface area contributed by atoms with Crippen LogP contribution in [0.3, 0.4) is 0 Å². The summed E-state index contributed by atoms with van der Waals surface area (Å²) < 4.78 is 0. The number of rotatable bonds is 12. The molecule has 2 fully saturated rings. The first-order valence-electron chi connectivity index (χ1n) is 19.5. The van der Waals surface area contributed by atoms with Gasteiger partial charge in [0.15, 0.2) is 16.8 Å². The van der Waals surface area contributed by atoms with Crippen molar-refractivity contribution in [1.29, 1.82) is 0 Å². The fraction of sp³-hybridized carbons (Fsp3) is 0.256. The minimum atomic E-state index is -1.54. The fourth-order valence-electron chi connectivity index (χ4n) is 5.85. The molecular formula is C43H44BCl5N10O4. The molecule has 328 valence electrons. The van der Waals surface area contributed by atoms with E-state index in [0.717, 1.165) is 37.1 Å². The second-order valence-electron chi connectivity index (χ2n) is 13.9. The number of nitrogens with one attached hydrogen (secondary N) is 4. The predicted octanol–water partition coefficient (Wildman–Crippen LogP) is 9.46. The molecule has 20 heteroatoms. The number of amides is 2. The molecule has 63 heavy (non-hydrogen) atoms. The average Bonchev–Trinajstić information content (AvgIpc) is 4.21. The number of aryl methyl sites for hydroxylation is 2. The number of aromatic nitrogens is 6. The molecule has 0 radical (unpaired) electrons. The number of pyridine rings is 2. The summed E-state index contributed by atoms with van der Waals surface area (Å²) in [5, 5.41) is 31.8. The smallest absolute Gasteiger partial charge is 0.423 e. The first kappa shape index (κ1) is 48.9. The van der Waals surface area contributed by atoms with E-state index in [1.165, 1.54) is 24.8 Å². The highest BCUT2D eigenvalue weighted by atomic mass is 35.5. The number of carbonyl (C=O) groups excluding carboxylic acids is 2. The van der Waals surface area contributed by atoms with E-state index in [1.54, 1.807) is 60.9 Å². The molecule has 6 N–H and O–H groups in total.